The fourth-order valence-electron chi connectivity index (χ4n) is 1.67. The first-order chi connectivity index (χ1) is 8.38. The number of aryl methyl sites for hydroxylation is 2. The van der Waals surface area contributed by atoms with Gasteiger partial charge in [-0.2, -0.15) is 4.80 Å². The maximum absolute atomic E-state index is 5.12. The lowest BCUT2D eigenvalue weighted by Gasteiger charge is -2.03. The Kier molecular flexibility index (Phi) is 4.07. The Balaban J connectivity index is 1.70. The average Bonchev–Trinajstić information content (AvgIpc) is 2.88. The first-order valence-corrected chi connectivity index (χ1v) is 5.72. The maximum Gasteiger partial charge on any atom is 0.162 e. The Bertz CT molecular complexity index is 424. The van der Waals surface area contributed by atoms with Crippen molar-refractivity contribution in [3.05, 3.63) is 36.2 Å². The van der Waals surface area contributed by atoms with Crippen LogP contribution in [0.2, 0.25) is 0 Å². The normalized spacial score (nSPS) is 10.4. The minimum Gasteiger partial charge on any atom is -0.497 e. The summed E-state index contributed by atoms with van der Waals surface area (Å²) in [5.41, 5.74) is 1.33. The topological polar surface area (TPSA) is 52.8 Å². The van der Waals surface area contributed by atoms with E-state index in [0.717, 1.165) is 31.6 Å². The molecule has 0 bridgehead atoms. The van der Waals surface area contributed by atoms with Gasteiger partial charge < -0.3 is 4.74 Å². The van der Waals surface area contributed by atoms with Crippen LogP contribution in [-0.2, 0) is 13.0 Å². The first kappa shape index (κ1) is 11.6. The second-order valence-electron chi connectivity index (χ2n) is 3.84. The van der Waals surface area contributed by atoms with E-state index in [1.54, 1.807) is 11.9 Å². The molecule has 0 fully saturated rings. The van der Waals surface area contributed by atoms with E-state index in [1.807, 2.05) is 12.1 Å². The van der Waals surface area contributed by atoms with Crippen LogP contribution in [0.3, 0.4) is 0 Å². The molecule has 0 unspecified atom stereocenters. The van der Waals surface area contributed by atoms with Crippen LogP contribution in [-0.4, -0.2) is 27.3 Å². The minimum atomic E-state index is 0.830. The van der Waals surface area contributed by atoms with Crippen LogP contribution in [0.15, 0.2) is 30.6 Å². The molecular formula is C12H16N4O. The highest BCUT2D eigenvalue weighted by atomic mass is 16.5. The summed E-state index contributed by atoms with van der Waals surface area (Å²) in [4.78, 5) is 1.62. The van der Waals surface area contributed by atoms with E-state index in [4.69, 9.17) is 4.74 Å². The van der Waals surface area contributed by atoms with E-state index in [2.05, 4.69) is 27.5 Å². The summed E-state index contributed by atoms with van der Waals surface area (Å²) < 4.78 is 5.12. The molecule has 0 radical (unpaired) electrons. The number of rotatable bonds is 6. The van der Waals surface area contributed by atoms with Crippen molar-refractivity contribution in [2.45, 2.75) is 25.8 Å². The third-order valence-electron chi connectivity index (χ3n) is 2.62. The van der Waals surface area contributed by atoms with Gasteiger partial charge in [0.15, 0.2) is 6.33 Å². The van der Waals surface area contributed by atoms with Crippen LogP contribution in [0.5, 0.6) is 5.75 Å². The Labute approximate surface area is 100 Å². The quantitative estimate of drug-likeness (QED) is 0.711. The third-order valence-corrected chi connectivity index (χ3v) is 2.62. The predicted octanol–water partition coefficient (Wildman–Crippen LogP) is 1.70. The van der Waals surface area contributed by atoms with Gasteiger partial charge in [0.1, 0.15) is 5.75 Å². The van der Waals surface area contributed by atoms with E-state index >= 15 is 0 Å². The minimum absolute atomic E-state index is 0.830. The Morgan fingerprint density at radius 2 is 2.00 bits per heavy atom. The Hall–Kier alpha value is -1.91. The van der Waals surface area contributed by atoms with Crippen molar-refractivity contribution in [1.82, 2.24) is 20.2 Å². The molecule has 0 spiro atoms. The molecule has 0 aliphatic carbocycles. The smallest absolute Gasteiger partial charge is 0.162 e. The van der Waals surface area contributed by atoms with Gasteiger partial charge in [0, 0.05) is 0 Å². The summed E-state index contributed by atoms with van der Waals surface area (Å²) in [6, 6.07) is 8.20. The highest BCUT2D eigenvalue weighted by molar-refractivity contribution is 5.27. The van der Waals surface area contributed by atoms with Gasteiger partial charge in [-0.3, -0.25) is 0 Å². The molecule has 5 heteroatoms. The van der Waals surface area contributed by atoms with Crippen molar-refractivity contribution in [3.8, 4) is 5.75 Å². The second-order valence-corrected chi connectivity index (χ2v) is 3.84. The third kappa shape index (κ3) is 3.55. The molecule has 0 aliphatic rings. The highest BCUT2D eigenvalue weighted by Crippen LogP contribution is 2.13. The Morgan fingerprint density at radius 3 is 2.65 bits per heavy atom. The second kappa shape index (κ2) is 5.98. The SMILES string of the molecule is COc1ccc(CCCCn2ncnn2)cc1. The molecule has 0 saturated heterocycles. The highest BCUT2D eigenvalue weighted by Gasteiger charge is 1.96. The average molecular weight is 232 g/mol. The summed E-state index contributed by atoms with van der Waals surface area (Å²) in [5, 5.41) is 11.5. The molecule has 0 aliphatic heterocycles. The molecule has 17 heavy (non-hydrogen) atoms. The predicted molar refractivity (Wildman–Crippen MR) is 63.7 cm³/mol. The largest absolute Gasteiger partial charge is 0.497 e. The van der Waals surface area contributed by atoms with Gasteiger partial charge in [-0.05, 0) is 42.2 Å². The van der Waals surface area contributed by atoms with Crippen LogP contribution < -0.4 is 4.74 Å². The monoisotopic (exact) mass is 232 g/mol. The molecule has 0 saturated carbocycles. The van der Waals surface area contributed by atoms with Gasteiger partial charge in [-0.25, -0.2) is 0 Å². The molecule has 0 amide bonds. The van der Waals surface area contributed by atoms with Crippen molar-refractivity contribution < 1.29 is 4.74 Å². The summed E-state index contributed by atoms with van der Waals surface area (Å²) in [5.74, 6) is 0.903. The van der Waals surface area contributed by atoms with Gasteiger partial charge in [0.25, 0.3) is 0 Å². The lowest BCUT2D eigenvalue weighted by Crippen LogP contribution is -2.02. The van der Waals surface area contributed by atoms with Crippen LogP contribution in [0, 0.1) is 0 Å². The number of nitrogens with zero attached hydrogens (tertiary/aromatic N) is 4. The Morgan fingerprint density at radius 1 is 1.18 bits per heavy atom. The molecule has 0 atom stereocenters. The number of methoxy groups -OCH3 is 1. The maximum atomic E-state index is 5.12. The molecule has 1 aromatic heterocycles. The van der Waals surface area contributed by atoms with E-state index < -0.39 is 0 Å². The number of hydrogen-bond acceptors (Lipinski definition) is 4. The summed E-state index contributed by atoms with van der Waals surface area (Å²) >= 11 is 0. The van der Waals surface area contributed by atoms with Crippen LogP contribution in [0.1, 0.15) is 18.4 Å². The van der Waals surface area contributed by atoms with Crippen molar-refractivity contribution in [2.24, 2.45) is 0 Å². The molecule has 1 aromatic carbocycles. The van der Waals surface area contributed by atoms with Crippen LogP contribution in [0.25, 0.3) is 0 Å². The molecular weight excluding hydrogens is 216 g/mol. The molecule has 0 N–H and O–H groups in total. The van der Waals surface area contributed by atoms with E-state index in [1.165, 1.54) is 11.9 Å². The number of unbranched alkanes of at least 4 members (excludes halogenated alkanes) is 1. The molecule has 5 nitrogen and oxygen atoms in total. The summed E-state index contributed by atoms with van der Waals surface area (Å²) in [6.07, 6.45) is 4.71. The van der Waals surface area contributed by atoms with Gasteiger partial charge in [0.2, 0.25) is 0 Å². The van der Waals surface area contributed by atoms with E-state index in [-0.39, 0.29) is 0 Å². The zero-order valence-electron chi connectivity index (χ0n) is 9.91. The standard InChI is InChI=1S/C12H16N4O/c1-17-12-7-5-11(6-8-12)4-2-3-9-16-14-10-13-15-16/h5-8,10H,2-4,9H2,1H3. The van der Waals surface area contributed by atoms with Crippen molar-refractivity contribution in [3.63, 3.8) is 0 Å². The summed E-state index contributed by atoms with van der Waals surface area (Å²) in [6.45, 7) is 0.830. The van der Waals surface area contributed by atoms with Gasteiger partial charge >= 0.3 is 0 Å². The lowest BCUT2D eigenvalue weighted by molar-refractivity contribution is 0.414. The van der Waals surface area contributed by atoms with Gasteiger partial charge in [-0.1, -0.05) is 12.1 Å². The van der Waals surface area contributed by atoms with Crippen molar-refractivity contribution >= 4 is 0 Å². The zero-order valence-corrected chi connectivity index (χ0v) is 9.91. The number of hydrogen-bond donors (Lipinski definition) is 0. The number of tetrazole rings is 1. The number of aromatic nitrogens is 4. The van der Waals surface area contributed by atoms with E-state index in [9.17, 15) is 0 Å². The van der Waals surface area contributed by atoms with Crippen LogP contribution in [0.4, 0.5) is 0 Å². The first-order valence-electron chi connectivity index (χ1n) is 5.72. The van der Waals surface area contributed by atoms with Gasteiger partial charge in [-0.15, -0.1) is 10.2 Å². The molecule has 2 aromatic rings. The number of benzene rings is 1. The molecule has 90 valence electrons. The fourth-order valence-corrected chi connectivity index (χ4v) is 1.67. The van der Waals surface area contributed by atoms with Crippen molar-refractivity contribution in [1.29, 1.82) is 0 Å². The zero-order chi connectivity index (χ0) is 11.9. The van der Waals surface area contributed by atoms with Gasteiger partial charge in [0.05, 0.1) is 13.7 Å². The van der Waals surface area contributed by atoms with Crippen LogP contribution >= 0.6 is 0 Å². The number of ether oxygens (including phenoxy) is 1. The lowest BCUT2D eigenvalue weighted by atomic mass is 10.1. The summed E-state index contributed by atoms with van der Waals surface area (Å²) in [7, 11) is 1.68. The van der Waals surface area contributed by atoms with E-state index in [0.29, 0.717) is 0 Å². The fraction of sp³-hybridized carbons (Fsp3) is 0.417. The van der Waals surface area contributed by atoms with Crippen molar-refractivity contribution in [2.75, 3.05) is 7.11 Å². The molecule has 2 rings (SSSR count). The molecule has 1 heterocycles.